The molecule has 0 aliphatic carbocycles. The molecule has 2 aromatic rings. The van der Waals surface area contributed by atoms with Crippen LogP contribution in [0.5, 0.6) is 0 Å². The van der Waals surface area contributed by atoms with Crippen molar-refractivity contribution in [1.82, 2.24) is 4.98 Å². The van der Waals surface area contributed by atoms with Crippen LogP contribution in [0.2, 0.25) is 0 Å². The third-order valence-corrected chi connectivity index (χ3v) is 1.80. The molecule has 0 atom stereocenters. The zero-order chi connectivity index (χ0) is 8.39. The number of benzene rings is 1. The van der Waals surface area contributed by atoms with Crippen molar-refractivity contribution in [2.24, 2.45) is 0 Å². The van der Waals surface area contributed by atoms with Crippen LogP contribution in [0.15, 0.2) is 36.5 Å². The number of terminal acetylenes is 1. The first-order valence-corrected chi connectivity index (χ1v) is 3.72. The molecule has 0 saturated heterocycles. The summed E-state index contributed by atoms with van der Waals surface area (Å²) in [5, 5.41) is 1.04. The minimum atomic E-state index is 0.903. The van der Waals surface area contributed by atoms with Crippen molar-refractivity contribution in [3.05, 3.63) is 42.1 Å². The summed E-state index contributed by atoms with van der Waals surface area (Å²) >= 11 is 0. The van der Waals surface area contributed by atoms with Crippen molar-refractivity contribution < 1.29 is 0 Å². The summed E-state index contributed by atoms with van der Waals surface area (Å²) in [5.74, 6) is 2.63. The van der Waals surface area contributed by atoms with E-state index in [4.69, 9.17) is 6.42 Å². The Morgan fingerprint density at radius 2 is 2.08 bits per heavy atom. The SMILES string of the molecule is C#Cc1cccc2ncccc12. The van der Waals surface area contributed by atoms with Gasteiger partial charge in [0.1, 0.15) is 0 Å². The van der Waals surface area contributed by atoms with Crippen LogP contribution in [0.4, 0.5) is 0 Å². The van der Waals surface area contributed by atoms with Gasteiger partial charge in [0.15, 0.2) is 0 Å². The zero-order valence-corrected chi connectivity index (χ0v) is 6.49. The van der Waals surface area contributed by atoms with Crippen molar-refractivity contribution in [2.75, 3.05) is 0 Å². The van der Waals surface area contributed by atoms with E-state index in [1.165, 1.54) is 0 Å². The molecule has 1 heterocycles. The summed E-state index contributed by atoms with van der Waals surface area (Å²) in [5.41, 5.74) is 1.86. The van der Waals surface area contributed by atoms with Crippen LogP contribution >= 0.6 is 0 Å². The quantitative estimate of drug-likeness (QED) is 0.529. The Morgan fingerprint density at radius 3 is 2.92 bits per heavy atom. The van der Waals surface area contributed by atoms with E-state index < -0.39 is 0 Å². The Balaban J connectivity index is 2.91. The first kappa shape index (κ1) is 6.87. The number of pyridine rings is 1. The van der Waals surface area contributed by atoms with Gasteiger partial charge in [0.05, 0.1) is 5.52 Å². The van der Waals surface area contributed by atoms with Crippen LogP contribution in [-0.4, -0.2) is 4.98 Å². The molecule has 12 heavy (non-hydrogen) atoms. The maximum atomic E-state index is 5.34. The van der Waals surface area contributed by atoms with E-state index in [2.05, 4.69) is 10.9 Å². The molecule has 1 aromatic carbocycles. The van der Waals surface area contributed by atoms with Gasteiger partial charge in [-0.25, -0.2) is 0 Å². The largest absolute Gasteiger partial charge is 0.256 e. The van der Waals surface area contributed by atoms with Crippen LogP contribution in [0, 0.1) is 12.3 Å². The highest BCUT2D eigenvalue weighted by Gasteiger charge is 1.95. The average Bonchev–Trinajstić information content (AvgIpc) is 2.17. The Morgan fingerprint density at radius 1 is 1.17 bits per heavy atom. The predicted octanol–water partition coefficient (Wildman–Crippen LogP) is 2.22. The highest BCUT2D eigenvalue weighted by atomic mass is 14.6. The van der Waals surface area contributed by atoms with Gasteiger partial charge in [0.25, 0.3) is 0 Å². The first-order chi connectivity index (χ1) is 5.92. The zero-order valence-electron chi connectivity index (χ0n) is 6.49. The van der Waals surface area contributed by atoms with E-state index in [1.54, 1.807) is 6.20 Å². The number of hydrogen-bond acceptors (Lipinski definition) is 1. The summed E-state index contributed by atoms with van der Waals surface area (Å²) in [6, 6.07) is 9.67. The Labute approximate surface area is 71.1 Å². The van der Waals surface area contributed by atoms with Gasteiger partial charge in [-0.05, 0) is 18.2 Å². The lowest BCUT2D eigenvalue weighted by Crippen LogP contribution is -1.80. The van der Waals surface area contributed by atoms with Crippen LogP contribution < -0.4 is 0 Å². The molecular formula is C11H7N. The van der Waals surface area contributed by atoms with Crippen molar-refractivity contribution in [2.45, 2.75) is 0 Å². The average molecular weight is 153 g/mol. The maximum absolute atomic E-state index is 5.34. The van der Waals surface area contributed by atoms with E-state index in [9.17, 15) is 0 Å². The second-order valence-corrected chi connectivity index (χ2v) is 2.52. The van der Waals surface area contributed by atoms with Crippen LogP contribution in [0.1, 0.15) is 5.56 Å². The maximum Gasteiger partial charge on any atom is 0.0714 e. The van der Waals surface area contributed by atoms with Crippen LogP contribution in [0.25, 0.3) is 10.9 Å². The molecule has 0 fully saturated rings. The summed E-state index contributed by atoms with van der Waals surface area (Å²) in [7, 11) is 0. The summed E-state index contributed by atoms with van der Waals surface area (Å²) in [6.07, 6.45) is 7.10. The first-order valence-electron chi connectivity index (χ1n) is 3.72. The summed E-state index contributed by atoms with van der Waals surface area (Å²) in [6.45, 7) is 0. The molecular weight excluding hydrogens is 146 g/mol. The molecule has 0 spiro atoms. The minimum Gasteiger partial charge on any atom is -0.256 e. The van der Waals surface area contributed by atoms with Crippen molar-refractivity contribution in [3.63, 3.8) is 0 Å². The molecule has 0 aliphatic heterocycles. The molecule has 0 aliphatic rings. The highest BCUT2D eigenvalue weighted by Crippen LogP contribution is 2.14. The molecule has 0 amide bonds. The van der Waals surface area contributed by atoms with Crippen LogP contribution in [0.3, 0.4) is 0 Å². The lowest BCUT2D eigenvalue weighted by molar-refractivity contribution is 1.41. The van der Waals surface area contributed by atoms with Crippen molar-refractivity contribution in [3.8, 4) is 12.3 Å². The highest BCUT2D eigenvalue weighted by molar-refractivity contribution is 5.84. The second kappa shape index (κ2) is 2.67. The van der Waals surface area contributed by atoms with Gasteiger partial charge in [0, 0.05) is 17.1 Å². The van der Waals surface area contributed by atoms with Gasteiger partial charge >= 0.3 is 0 Å². The number of hydrogen-bond donors (Lipinski definition) is 0. The molecule has 0 radical (unpaired) electrons. The fourth-order valence-electron chi connectivity index (χ4n) is 1.23. The van der Waals surface area contributed by atoms with Gasteiger partial charge in [0.2, 0.25) is 0 Å². The molecule has 1 aromatic heterocycles. The molecule has 0 N–H and O–H groups in total. The fraction of sp³-hybridized carbons (Fsp3) is 0. The van der Waals surface area contributed by atoms with E-state index in [1.807, 2.05) is 30.3 Å². The second-order valence-electron chi connectivity index (χ2n) is 2.52. The predicted molar refractivity (Wildman–Crippen MR) is 49.7 cm³/mol. The monoisotopic (exact) mass is 153 g/mol. The number of fused-ring (bicyclic) bond motifs is 1. The Bertz CT molecular complexity index is 447. The molecule has 0 unspecified atom stereocenters. The lowest BCUT2D eigenvalue weighted by atomic mass is 10.1. The van der Waals surface area contributed by atoms with Gasteiger partial charge in [-0.15, -0.1) is 6.42 Å². The number of rotatable bonds is 0. The number of nitrogens with zero attached hydrogens (tertiary/aromatic N) is 1. The normalized spacial score (nSPS) is 9.58. The fourth-order valence-corrected chi connectivity index (χ4v) is 1.23. The smallest absolute Gasteiger partial charge is 0.0714 e. The topological polar surface area (TPSA) is 12.9 Å². The van der Waals surface area contributed by atoms with Crippen molar-refractivity contribution >= 4 is 10.9 Å². The summed E-state index contributed by atoms with van der Waals surface area (Å²) in [4.78, 5) is 4.19. The van der Waals surface area contributed by atoms with E-state index in [0.29, 0.717) is 0 Å². The number of aromatic nitrogens is 1. The third kappa shape index (κ3) is 0.943. The van der Waals surface area contributed by atoms with Gasteiger partial charge < -0.3 is 0 Å². The van der Waals surface area contributed by atoms with E-state index in [-0.39, 0.29) is 0 Å². The molecule has 0 saturated carbocycles. The molecule has 56 valence electrons. The Hall–Kier alpha value is -1.81. The van der Waals surface area contributed by atoms with Gasteiger partial charge in [-0.1, -0.05) is 18.1 Å². The van der Waals surface area contributed by atoms with Gasteiger partial charge in [-0.2, -0.15) is 0 Å². The van der Waals surface area contributed by atoms with Gasteiger partial charge in [-0.3, -0.25) is 4.98 Å². The summed E-state index contributed by atoms with van der Waals surface area (Å²) < 4.78 is 0. The molecule has 1 nitrogen and oxygen atoms in total. The molecule has 2 rings (SSSR count). The van der Waals surface area contributed by atoms with Crippen molar-refractivity contribution in [1.29, 1.82) is 0 Å². The molecule has 0 bridgehead atoms. The Kier molecular flexibility index (Phi) is 1.53. The minimum absolute atomic E-state index is 0.903. The van der Waals surface area contributed by atoms with E-state index >= 15 is 0 Å². The van der Waals surface area contributed by atoms with E-state index in [0.717, 1.165) is 16.5 Å². The lowest BCUT2D eigenvalue weighted by Gasteiger charge is -1.97. The molecule has 1 heteroatoms. The standard InChI is InChI=1S/C11H7N/c1-2-9-5-3-7-11-10(9)6-4-8-12-11/h1,3-8H. The van der Waals surface area contributed by atoms with Crippen LogP contribution in [-0.2, 0) is 0 Å². The third-order valence-electron chi connectivity index (χ3n) is 1.80.